The van der Waals surface area contributed by atoms with Crippen molar-refractivity contribution in [2.75, 3.05) is 40.3 Å². The van der Waals surface area contributed by atoms with E-state index in [4.69, 9.17) is 0 Å². The van der Waals surface area contributed by atoms with Gasteiger partial charge in [-0.1, -0.05) is 0 Å². The summed E-state index contributed by atoms with van der Waals surface area (Å²) in [6.45, 7) is 3.91. The highest BCUT2D eigenvalue weighted by Crippen LogP contribution is 2.38. The highest BCUT2D eigenvalue weighted by molar-refractivity contribution is 5.85. The van der Waals surface area contributed by atoms with Gasteiger partial charge in [0.15, 0.2) is 0 Å². The summed E-state index contributed by atoms with van der Waals surface area (Å²) >= 11 is 0. The number of halogens is 1. The van der Waals surface area contributed by atoms with Gasteiger partial charge in [-0.2, -0.15) is 0 Å². The van der Waals surface area contributed by atoms with Crippen molar-refractivity contribution in [1.82, 2.24) is 15.5 Å². The molecule has 0 aromatic rings. The molecule has 0 unspecified atom stereocenters. The van der Waals surface area contributed by atoms with Gasteiger partial charge in [-0.25, -0.2) is 0 Å². The average Bonchev–Trinajstić information content (AvgIpc) is 2.60. The van der Waals surface area contributed by atoms with Gasteiger partial charge in [0.2, 0.25) is 5.91 Å². The van der Waals surface area contributed by atoms with Crippen molar-refractivity contribution in [3.05, 3.63) is 0 Å². The van der Waals surface area contributed by atoms with Crippen LogP contribution in [0.2, 0.25) is 0 Å². The van der Waals surface area contributed by atoms with Crippen LogP contribution in [0.1, 0.15) is 6.42 Å². The minimum Gasteiger partial charge on any atom is -0.359 e. The number of carbonyl (C=O) groups excluding carboxylic acids is 1. The van der Waals surface area contributed by atoms with Crippen molar-refractivity contribution >= 4 is 18.3 Å². The van der Waals surface area contributed by atoms with E-state index in [-0.39, 0.29) is 23.7 Å². The van der Waals surface area contributed by atoms with Crippen molar-refractivity contribution in [1.29, 1.82) is 0 Å². The van der Waals surface area contributed by atoms with Crippen LogP contribution in [0.5, 0.6) is 0 Å². The summed E-state index contributed by atoms with van der Waals surface area (Å²) in [6.07, 6.45) is 0.987. The molecule has 2 atom stereocenters. The Morgan fingerprint density at radius 3 is 3.00 bits per heavy atom. The predicted molar refractivity (Wildman–Crippen MR) is 62.2 cm³/mol. The molecule has 0 aliphatic carbocycles. The third-order valence-corrected chi connectivity index (χ3v) is 3.76. The molecule has 1 amide bonds. The van der Waals surface area contributed by atoms with Gasteiger partial charge >= 0.3 is 0 Å². The Hall–Kier alpha value is -0.320. The molecule has 88 valence electrons. The van der Waals surface area contributed by atoms with Gasteiger partial charge in [-0.3, -0.25) is 4.79 Å². The van der Waals surface area contributed by atoms with E-state index in [1.54, 1.807) is 7.05 Å². The molecular weight excluding hydrogens is 214 g/mol. The van der Waals surface area contributed by atoms with E-state index in [0.717, 1.165) is 32.6 Å². The Kier molecular flexibility index (Phi) is 3.98. The second-order valence-electron chi connectivity index (χ2n) is 4.58. The fourth-order valence-corrected chi connectivity index (χ4v) is 2.83. The first kappa shape index (κ1) is 12.7. The number of fused-ring (bicyclic) bond motifs is 1. The Bertz CT molecular complexity index is 249. The quantitative estimate of drug-likeness (QED) is 0.654. The Morgan fingerprint density at radius 2 is 2.33 bits per heavy atom. The molecule has 2 N–H and O–H groups in total. The van der Waals surface area contributed by atoms with Crippen molar-refractivity contribution < 1.29 is 4.79 Å². The molecule has 2 aliphatic heterocycles. The number of amides is 1. The molecule has 0 aromatic carbocycles. The lowest BCUT2D eigenvalue weighted by Crippen LogP contribution is -2.53. The lowest BCUT2D eigenvalue weighted by molar-refractivity contribution is -0.134. The molecule has 2 heterocycles. The number of likely N-dealkylation sites (tertiary alicyclic amines) is 1. The number of nitrogens with zero attached hydrogens (tertiary/aromatic N) is 1. The second kappa shape index (κ2) is 4.68. The molecule has 2 saturated heterocycles. The van der Waals surface area contributed by atoms with Gasteiger partial charge < -0.3 is 15.5 Å². The van der Waals surface area contributed by atoms with E-state index < -0.39 is 0 Å². The van der Waals surface area contributed by atoms with Crippen LogP contribution in [0.25, 0.3) is 0 Å². The first-order valence-corrected chi connectivity index (χ1v) is 5.30. The van der Waals surface area contributed by atoms with Gasteiger partial charge in [0, 0.05) is 26.7 Å². The number of rotatable bonds is 1. The van der Waals surface area contributed by atoms with Crippen LogP contribution in [-0.4, -0.2) is 51.1 Å². The number of hydrogen-bond donors (Lipinski definition) is 2. The van der Waals surface area contributed by atoms with Gasteiger partial charge in [0.25, 0.3) is 0 Å². The smallest absolute Gasteiger partial charge is 0.227 e. The van der Waals surface area contributed by atoms with E-state index in [1.165, 1.54) is 0 Å². The van der Waals surface area contributed by atoms with Crippen LogP contribution in [0.3, 0.4) is 0 Å². The molecular formula is C10H20ClN3O. The fraction of sp³-hybridized carbons (Fsp3) is 0.900. The summed E-state index contributed by atoms with van der Waals surface area (Å²) in [5.41, 5.74) is -0.124. The van der Waals surface area contributed by atoms with Crippen molar-refractivity contribution in [3.63, 3.8) is 0 Å². The topological polar surface area (TPSA) is 44.4 Å². The minimum absolute atomic E-state index is 0. The Morgan fingerprint density at radius 1 is 1.60 bits per heavy atom. The Labute approximate surface area is 97.2 Å². The third kappa shape index (κ3) is 1.98. The van der Waals surface area contributed by atoms with Crippen LogP contribution in [-0.2, 0) is 4.79 Å². The maximum absolute atomic E-state index is 11.9. The van der Waals surface area contributed by atoms with Crippen LogP contribution >= 0.6 is 12.4 Å². The average molecular weight is 234 g/mol. The van der Waals surface area contributed by atoms with Crippen LogP contribution in [0.15, 0.2) is 0 Å². The van der Waals surface area contributed by atoms with Crippen LogP contribution in [0, 0.1) is 11.3 Å². The van der Waals surface area contributed by atoms with E-state index in [2.05, 4.69) is 22.6 Å². The molecule has 2 aliphatic rings. The normalized spacial score (nSPS) is 35.5. The SMILES string of the molecule is CNC(=O)[C@@]12CCN(C)C[C@@H]1CNC2.Cl. The molecule has 0 bridgehead atoms. The number of piperidine rings is 1. The molecule has 4 nitrogen and oxygen atoms in total. The maximum atomic E-state index is 11.9. The summed E-state index contributed by atoms with van der Waals surface area (Å²) in [7, 11) is 3.87. The van der Waals surface area contributed by atoms with Crippen LogP contribution < -0.4 is 10.6 Å². The zero-order chi connectivity index (χ0) is 10.2. The standard InChI is InChI=1S/C10H19N3O.ClH/c1-11-9(14)10-3-4-13(2)6-8(10)5-12-7-10;/h8,12H,3-7H2,1-2H3,(H,11,14);1H/t8-,10+;/m0./s1. The van der Waals surface area contributed by atoms with E-state index in [0.29, 0.717) is 5.92 Å². The maximum Gasteiger partial charge on any atom is 0.227 e. The fourth-order valence-electron chi connectivity index (χ4n) is 2.83. The van der Waals surface area contributed by atoms with Crippen molar-refractivity contribution in [3.8, 4) is 0 Å². The summed E-state index contributed by atoms with van der Waals surface area (Å²) in [6, 6.07) is 0. The highest BCUT2D eigenvalue weighted by atomic mass is 35.5. The molecule has 2 rings (SSSR count). The van der Waals surface area contributed by atoms with Crippen molar-refractivity contribution in [2.45, 2.75) is 6.42 Å². The van der Waals surface area contributed by atoms with Crippen LogP contribution in [0.4, 0.5) is 0 Å². The zero-order valence-corrected chi connectivity index (χ0v) is 10.2. The monoisotopic (exact) mass is 233 g/mol. The minimum atomic E-state index is -0.124. The zero-order valence-electron chi connectivity index (χ0n) is 9.38. The van der Waals surface area contributed by atoms with Gasteiger partial charge in [0.05, 0.1) is 5.41 Å². The van der Waals surface area contributed by atoms with Gasteiger partial charge in [0.1, 0.15) is 0 Å². The first-order valence-electron chi connectivity index (χ1n) is 5.30. The summed E-state index contributed by atoms with van der Waals surface area (Å²) in [4.78, 5) is 14.2. The first-order chi connectivity index (χ1) is 6.69. The Balaban J connectivity index is 0.00000112. The number of carbonyl (C=O) groups is 1. The molecule has 0 radical (unpaired) electrons. The van der Waals surface area contributed by atoms with Gasteiger partial charge in [-0.05, 0) is 25.9 Å². The molecule has 2 fully saturated rings. The molecule has 0 spiro atoms. The lowest BCUT2D eigenvalue weighted by atomic mass is 9.72. The molecule has 0 aromatic heterocycles. The lowest BCUT2D eigenvalue weighted by Gasteiger charge is -2.40. The van der Waals surface area contributed by atoms with Gasteiger partial charge in [-0.15, -0.1) is 12.4 Å². The second-order valence-corrected chi connectivity index (χ2v) is 4.58. The summed E-state index contributed by atoms with van der Waals surface area (Å²) in [5, 5.41) is 6.17. The number of nitrogens with one attached hydrogen (secondary N) is 2. The largest absolute Gasteiger partial charge is 0.359 e. The molecule has 0 saturated carbocycles. The van der Waals surface area contributed by atoms with Crippen molar-refractivity contribution in [2.24, 2.45) is 11.3 Å². The van der Waals surface area contributed by atoms with E-state index in [9.17, 15) is 4.79 Å². The summed E-state index contributed by atoms with van der Waals surface area (Å²) in [5.74, 6) is 0.710. The van der Waals surface area contributed by atoms with E-state index >= 15 is 0 Å². The van der Waals surface area contributed by atoms with E-state index in [1.807, 2.05) is 0 Å². The molecule has 5 heteroatoms. The molecule has 15 heavy (non-hydrogen) atoms. The highest BCUT2D eigenvalue weighted by Gasteiger charge is 2.50. The predicted octanol–water partition coefficient (Wildman–Crippen LogP) is -0.304. The number of hydrogen-bond acceptors (Lipinski definition) is 3. The summed E-state index contributed by atoms with van der Waals surface area (Å²) < 4.78 is 0. The third-order valence-electron chi connectivity index (χ3n) is 3.76.